The molecule has 1 aromatic carbocycles. The lowest BCUT2D eigenvalue weighted by atomic mass is 9.98. The van der Waals surface area contributed by atoms with Crippen molar-refractivity contribution in [3.05, 3.63) is 29.8 Å². The molecule has 0 fully saturated rings. The zero-order valence-corrected chi connectivity index (χ0v) is 14.7. The van der Waals surface area contributed by atoms with Crippen LogP contribution in [-0.4, -0.2) is 28.2 Å². The number of hydrogen-bond acceptors (Lipinski definition) is 5. The number of ether oxygens (including phenoxy) is 2. The lowest BCUT2D eigenvalue weighted by Crippen LogP contribution is -2.38. The van der Waals surface area contributed by atoms with Gasteiger partial charge in [0.05, 0.1) is 0 Å². The predicted octanol–water partition coefficient (Wildman–Crippen LogP) is 3.23. The summed E-state index contributed by atoms with van der Waals surface area (Å²) in [6, 6.07) is 6.35. The number of phenols is 1. The number of phenolic OH excluding ortho intramolecular Hbond substituents is 1. The van der Waals surface area contributed by atoms with Gasteiger partial charge >= 0.3 is 11.9 Å². The molecule has 0 saturated carbocycles. The molecule has 0 atom stereocenters. The molecule has 5 heteroatoms. The van der Waals surface area contributed by atoms with Crippen molar-refractivity contribution in [2.45, 2.75) is 59.2 Å². The first-order valence-corrected chi connectivity index (χ1v) is 7.61. The van der Waals surface area contributed by atoms with E-state index in [0.29, 0.717) is 0 Å². The fourth-order valence-electron chi connectivity index (χ4n) is 1.88. The maximum atomic E-state index is 12.4. The molecule has 0 aliphatic carbocycles. The Bertz CT molecular complexity index is 518. The molecular weight excluding hydrogens is 296 g/mol. The van der Waals surface area contributed by atoms with Gasteiger partial charge < -0.3 is 14.6 Å². The monoisotopic (exact) mass is 322 g/mol. The molecule has 23 heavy (non-hydrogen) atoms. The highest BCUT2D eigenvalue weighted by molar-refractivity contribution is 5.95. The van der Waals surface area contributed by atoms with E-state index < -0.39 is 29.1 Å². The topological polar surface area (TPSA) is 72.8 Å². The average Bonchev–Trinajstić information content (AvgIpc) is 2.33. The lowest BCUT2D eigenvalue weighted by molar-refractivity contribution is -0.174. The van der Waals surface area contributed by atoms with Crippen LogP contribution in [0.2, 0.25) is 0 Å². The minimum absolute atomic E-state index is 0.125. The van der Waals surface area contributed by atoms with E-state index in [4.69, 9.17) is 9.47 Å². The molecule has 0 radical (unpaired) electrons. The molecule has 1 N–H and O–H groups in total. The van der Waals surface area contributed by atoms with Gasteiger partial charge in [-0.1, -0.05) is 12.1 Å². The molecule has 0 spiro atoms. The molecular formula is C18H26O5. The van der Waals surface area contributed by atoms with Crippen molar-refractivity contribution in [3.8, 4) is 5.75 Å². The Morgan fingerprint density at radius 1 is 0.913 bits per heavy atom. The molecule has 0 heterocycles. The number of esters is 2. The molecule has 0 saturated heterocycles. The van der Waals surface area contributed by atoms with E-state index in [2.05, 4.69) is 0 Å². The first-order valence-electron chi connectivity index (χ1n) is 7.61. The number of carbonyl (C=O) groups is 2. The summed E-state index contributed by atoms with van der Waals surface area (Å²) in [5.74, 6) is -2.14. The van der Waals surface area contributed by atoms with Gasteiger partial charge in [0, 0.05) is 0 Å². The van der Waals surface area contributed by atoms with Gasteiger partial charge in [0.15, 0.2) is 5.92 Å². The molecule has 0 aromatic heterocycles. The van der Waals surface area contributed by atoms with Crippen LogP contribution in [0.15, 0.2) is 24.3 Å². The van der Waals surface area contributed by atoms with Gasteiger partial charge in [0.2, 0.25) is 0 Å². The number of benzene rings is 1. The number of hydrogen-bond donors (Lipinski definition) is 1. The van der Waals surface area contributed by atoms with Gasteiger partial charge in [0.25, 0.3) is 0 Å². The lowest BCUT2D eigenvalue weighted by Gasteiger charge is -2.26. The Morgan fingerprint density at radius 3 is 1.65 bits per heavy atom. The third-order valence-electron chi connectivity index (χ3n) is 2.76. The minimum atomic E-state index is -1.04. The van der Waals surface area contributed by atoms with Crippen LogP contribution in [0.3, 0.4) is 0 Å². The highest BCUT2D eigenvalue weighted by Gasteiger charge is 2.34. The van der Waals surface area contributed by atoms with Crippen LogP contribution in [0.25, 0.3) is 0 Å². The van der Waals surface area contributed by atoms with Crippen molar-refractivity contribution >= 4 is 11.9 Å². The van der Waals surface area contributed by atoms with Crippen molar-refractivity contribution in [2.75, 3.05) is 0 Å². The summed E-state index contributed by atoms with van der Waals surface area (Å²) in [7, 11) is 0. The van der Waals surface area contributed by atoms with Crippen molar-refractivity contribution in [2.24, 2.45) is 5.92 Å². The standard InChI is InChI=1S/C18H26O5/c1-17(2,3)22-15(20)14(16(21)23-18(4,5)6)11-12-7-9-13(19)10-8-12/h7-10,14,19H,11H2,1-6H3. The quantitative estimate of drug-likeness (QED) is 0.680. The van der Waals surface area contributed by atoms with Gasteiger partial charge in [-0.2, -0.15) is 0 Å². The zero-order chi connectivity index (χ0) is 17.8. The second kappa shape index (κ2) is 7.02. The summed E-state index contributed by atoms with van der Waals surface area (Å²) >= 11 is 0. The zero-order valence-electron chi connectivity index (χ0n) is 14.7. The Morgan fingerprint density at radius 2 is 1.30 bits per heavy atom. The van der Waals surface area contributed by atoms with Gasteiger partial charge in [-0.3, -0.25) is 9.59 Å². The number of carbonyl (C=O) groups excluding carboxylic acids is 2. The van der Waals surface area contributed by atoms with Gasteiger partial charge in [0.1, 0.15) is 17.0 Å². The normalized spacial score (nSPS) is 12.1. The summed E-state index contributed by atoms with van der Waals surface area (Å²) in [5, 5.41) is 9.33. The van der Waals surface area contributed by atoms with Crippen LogP contribution < -0.4 is 0 Å². The van der Waals surface area contributed by atoms with E-state index in [1.165, 1.54) is 12.1 Å². The van der Waals surface area contributed by atoms with Crippen LogP contribution in [0.1, 0.15) is 47.1 Å². The van der Waals surface area contributed by atoms with Crippen molar-refractivity contribution < 1.29 is 24.2 Å². The van der Waals surface area contributed by atoms with E-state index in [0.717, 1.165) is 5.56 Å². The van der Waals surface area contributed by atoms with Crippen molar-refractivity contribution in [3.63, 3.8) is 0 Å². The van der Waals surface area contributed by atoms with Crippen molar-refractivity contribution in [1.82, 2.24) is 0 Å². The van der Waals surface area contributed by atoms with E-state index in [1.807, 2.05) is 0 Å². The maximum absolute atomic E-state index is 12.4. The summed E-state index contributed by atoms with van der Waals surface area (Å²) in [5.41, 5.74) is -0.636. The molecule has 1 rings (SSSR count). The first kappa shape index (κ1) is 19.0. The van der Waals surface area contributed by atoms with Crippen LogP contribution >= 0.6 is 0 Å². The summed E-state index contributed by atoms with van der Waals surface area (Å²) < 4.78 is 10.7. The van der Waals surface area contributed by atoms with E-state index in [-0.39, 0.29) is 12.2 Å². The molecule has 0 bridgehead atoms. The van der Waals surface area contributed by atoms with Crippen LogP contribution in [-0.2, 0) is 25.5 Å². The minimum Gasteiger partial charge on any atom is -0.508 e. The molecule has 0 amide bonds. The average molecular weight is 322 g/mol. The third kappa shape index (κ3) is 7.17. The second-order valence-corrected chi connectivity index (χ2v) is 7.49. The number of rotatable bonds is 4. The predicted molar refractivity (Wildman–Crippen MR) is 87.0 cm³/mol. The second-order valence-electron chi connectivity index (χ2n) is 7.49. The highest BCUT2D eigenvalue weighted by atomic mass is 16.6. The van der Waals surface area contributed by atoms with Crippen molar-refractivity contribution in [1.29, 1.82) is 0 Å². The van der Waals surface area contributed by atoms with E-state index >= 15 is 0 Å². The Kier molecular flexibility index (Phi) is 5.81. The molecule has 128 valence electrons. The van der Waals surface area contributed by atoms with Crippen LogP contribution in [0, 0.1) is 5.92 Å². The first-order chi connectivity index (χ1) is 10.4. The molecule has 1 aromatic rings. The highest BCUT2D eigenvalue weighted by Crippen LogP contribution is 2.21. The largest absolute Gasteiger partial charge is 0.508 e. The summed E-state index contributed by atoms with van der Waals surface area (Å²) in [6.07, 6.45) is 0.157. The third-order valence-corrected chi connectivity index (χ3v) is 2.76. The van der Waals surface area contributed by atoms with E-state index in [1.54, 1.807) is 53.7 Å². The van der Waals surface area contributed by atoms with E-state index in [9.17, 15) is 14.7 Å². The Labute approximate surface area is 137 Å². The molecule has 0 unspecified atom stereocenters. The number of aromatic hydroxyl groups is 1. The molecule has 0 aliphatic heterocycles. The fraction of sp³-hybridized carbons (Fsp3) is 0.556. The Balaban J connectivity index is 2.98. The molecule has 5 nitrogen and oxygen atoms in total. The molecule has 0 aliphatic rings. The van der Waals surface area contributed by atoms with Gasteiger partial charge in [-0.25, -0.2) is 0 Å². The fourth-order valence-corrected chi connectivity index (χ4v) is 1.88. The SMILES string of the molecule is CC(C)(C)OC(=O)C(Cc1ccc(O)cc1)C(=O)OC(C)(C)C. The smallest absolute Gasteiger partial charge is 0.321 e. The van der Waals surface area contributed by atoms with Crippen LogP contribution in [0.5, 0.6) is 5.75 Å². The summed E-state index contributed by atoms with van der Waals surface area (Å²) in [4.78, 5) is 24.8. The maximum Gasteiger partial charge on any atom is 0.321 e. The Hall–Kier alpha value is -2.04. The van der Waals surface area contributed by atoms with Gasteiger partial charge in [-0.05, 0) is 65.7 Å². The van der Waals surface area contributed by atoms with Crippen LogP contribution in [0.4, 0.5) is 0 Å². The summed E-state index contributed by atoms with van der Waals surface area (Å²) in [6.45, 7) is 10.5. The van der Waals surface area contributed by atoms with Gasteiger partial charge in [-0.15, -0.1) is 0 Å².